The first kappa shape index (κ1) is 13.4. The van der Waals surface area contributed by atoms with Crippen molar-refractivity contribution in [3.8, 4) is 5.75 Å². The quantitative estimate of drug-likeness (QED) is 0.787. The van der Waals surface area contributed by atoms with E-state index in [9.17, 15) is 0 Å². The molecule has 0 bridgehead atoms. The molecule has 19 heavy (non-hydrogen) atoms. The van der Waals surface area contributed by atoms with Gasteiger partial charge in [-0.05, 0) is 43.9 Å². The van der Waals surface area contributed by atoms with Crippen LogP contribution in [-0.2, 0) is 6.42 Å². The second kappa shape index (κ2) is 5.84. The number of rotatable bonds is 4. The zero-order valence-corrected chi connectivity index (χ0v) is 13.2. The predicted octanol–water partition coefficient (Wildman–Crippen LogP) is 3.41. The van der Waals surface area contributed by atoms with Gasteiger partial charge in [-0.3, -0.25) is 4.90 Å². The molecule has 1 fully saturated rings. The molecular weight excluding hydrogens is 302 g/mol. The van der Waals surface area contributed by atoms with Crippen LogP contribution >= 0.6 is 15.9 Å². The zero-order valence-electron chi connectivity index (χ0n) is 11.6. The van der Waals surface area contributed by atoms with Crippen LogP contribution in [-0.4, -0.2) is 36.0 Å². The van der Waals surface area contributed by atoms with Crippen molar-refractivity contribution >= 4 is 15.9 Å². The third-order valence-electron chi connectivity index (χ3n) is 4.31. The Hall–Kier alpha value is -0.540. The predicted molar refractivity (Wildman–Crippen MR) is 82.3 cm³/mol. The minimum atomic E-state index is 0.361. The van der Waals surface area contributed by atoms with Crippen molar-refractivity contribution in [1.29, 1.82) is 0 Å². The molecule has 0 spiro atoms. The zero-order chi connectivity index (χ0) is 13.2. The molecule has 0 aliphatic carbocycles. The van der Waals surface area contributed by atoms with Gasteiger partial charge in [-0.1, -0.05) is 33.6 Å². The van der Waals surface area contributed by atoms with Crippen molar-refractivity contribution < 1.29 is 4.74 Å². The van der Waals surface area contributed by atoms with Crippen molar-refractivity contribution in [2.75, 3.05) is 25.0 Å². The van der Waals surface area contributed by atoms with Crippen LogP contribution in [0.2, 0.25) is 0 Å². The van der Waals surface area contributed by atoms with Gasteiger partial charge in [0.15, 0.2) is 0 Å². The normalized spacial score (nSPS) is 26.4. The van der Waals surface area contributed by atoms with E-state index in [4.69, 9.17) is 4.74 Å². The van der Waals surface area contributed by atoms with Crippen molar-refractivity contribution in [1.82, 2.24) is 4.90 Å². The van der Waals surface area contributed by atoms with Crippen LogP contribution in [0.4, 0.5) is 0 Å². The number of hydrogen-bond acceptors (Lipinski definition) is 2. The summed E-state index contributed by atoms with van der Waals surface area (Å²) in [5.74, 6) is 1.98. The maximum Gasteiger partial charge on any atom is 0.123 e. The highest BCUT2D eigenvalue weighted by atomic mass is 79.9. The molecule has 3 heteroatoms. The second-order valence-electron chi connectivity index (χ2n) is 5.95. The Labute approximate surface area is 124 Å². The van der Waals surface area contributed by atoms with Gasteiger partial charge in [0.05, 0.1) is 0 Å². The Morgan fingerprint density at radius 3 is 3.16 bits per heavy atom. The van der Waals surface area contributed by atoms with Crippen LogP contribution in [0.5, 0.6) is 5.75 Å². The summed E-state index contributed by atoms with van der Waals surface area (Å²) in [6, 6.07) is 6.54. The number of ether oxygens (including phenoxy) is 1. The standard InChI is InChI=1S/C16H22BrNO/c1-12-2-3-16-14(8-12)9-15(19-16)11-18-7-5-13(10-18)4-6-17/h2-3,8,13,15H,4-7,9-11H2,1H3. The van der Waals surface area contributed by atoms with Gasteiger partial charge < -0.3 is 4.74 Å². The number of halogens is 1. The lowest BCUT2D eigenvalue weighted by Gasteiger charge is -2.20. The fourth-order valence-electron chi connectivity index (χ4n) is 3.31. The SMILES string of the molecule is Cc1ccc2c(c1)CC(CN1CCC(CCBr)C1)O2. The van der Waals surface area contributed by atoms with Gasteiger partial charge in [0.2, 0.25) is 0 Å². The fraction of sp³-hybridized carbons (Fsp3) is 0.625. The van der Waals surface area contributed by atoms with Gasteiger partial charge in [0.1, 0.15) is 11.9 Å². The molecule has 0 radical (unpaired) electrons. The lowest BCUT2D eigenvalue weighted by atomic mass is 10.1. The molecule has 2 atom stereocenters. The Balaban J connectivity index is 1.54. The van der Waals surface area contributed by atoms with Gasteiger partial charge >= 0.3 is 0 Å². The maximum absolute atomic E-state index is 6.07. The average Bonchev–Trinajstić information content (AvgIpc) is 2.96. The average molecular weight is 324 g/mol. The van der Waals surface area contributed by atoms with E-state index >= 15 is 0 Å². The number of nitrogens with zero attached hydrogens (tertiary/aromatic N) is 1. The summed E-state index contributed by atoms with van der Waals surface area (Å²) in [5.41, 5.74) is 2.72. The van der Waals surface area contributed by atoms with Crippen LogP contribution in [0.15, 0.2) is 18.2 Å². The topological polar surface area (TPSA) is 12.5 Å². The lowest BCUT2D eigenvalue weighted by Crippen LogP contribution is -2.33. The smallest absolute Gasteiger partial charge is 0.123 e. The van der Waals surface area contributed by atoms with Gasteiger partial charge in [-0.15, -0.1) is 0 Å². The molecule has 3 rings (SSSR count). The van der Waals surface area contributed by atoms with E-state index < -0.39 is 0 Å². The molecule has 2 aliphatic rings. The summed E-state index contributed by atoms with van der Waals surface area (Å²) in [6.07, 6.45) is 4.10. The van der Waals surface area contributed by atoms with Gasteiger partial charge in [0.25, 0.3) is 0 Å². The molecular formula is C16H22BrNO. The lowest BCUT2D eigenvalue weighted by molar-refractivity contribution is 0.165. The number of hydrogen-bond donors (Lipinski definition) is 0. The molecule has 1 saturated heterocycles. The van der Waals surface area contributed by atoms with E-state index in [1.165, 1.54) is 37.1 Å². The van der Waals surface area contributed by atoms with Gasteiger partial charge in [0, 0.05) is 24.8 Å². The largest absolute Gasteiger partial charge is 0.488 e. The molecule has 2 aliphatic heterocycles. The van der Waals surface area contributed by atoms with Crippen molar-refractivity contribution in [2.24, 2.45) is 5.92 Å². The fourth-order valence-corrected chi connectivity index (χ4v) is 3.96. The van der Waals surface area contributed by atoms with E-state index in [0.29, 0.717) is 6.10 Å². The van der Waals surface area contributed by atoms with Crippen molar-refractivity contribution in [3.63, 3.8) is 0 Å². The number of alkyl halides is 1. The summed E-state index contributed by atoms with van der Waals surface area (Å²) >= 11 is 3.55. The van der Waals surface area contributed by atoms with Crippen molar-refractivity contribution in [3.05, 3.63) is 29.3 Å². The Bertz CT molecular complexity index is 448. The monoisotopic (exact) mass is 323 g/mol. The minimum Gasteiger partial charge on any atom is -0.488 e. The van der Waals surface area contributed by atoms with Crippen LogP contribution in [0.25, 0.3) is 0 Å². The molecule has 0 aromatic heterocycles. The van der Waals surface area contributed by atoms with E-state index in [1.54, 1.807) is 0 Å². The van der Waals surface area contributed by atoms with E-state index in [-0.39, 0.29) is 0 Å². The van der Waals surface area contributed by atoms with Crippen LogP contribution in [0, 0.1) is 12.8 Å². The Kier molecular flexibility index (Phi) is 4.13. The number of benzene rings is 1. The highest BCUT2D eigenvalue weighted by molar-refractivity contribution is 9.09. The highest BCUT2D eigenvalue weighted by Crippen LogP contribution is 2.30. The second-order valence-corrected chi connectivity index (χ2v) is 6.74. The third kappa shape index (κ3) is 3.14. The number of fused-ring (bicyclic) bond motifs is 1. The van der Waals surface area contributed by atoms with Gasteiger partial charge in [-0.2, -0.15) is 0 Å². The number of likely N-dealkylation sites (tertiary alicyclic amines) is 1. The number of aryl methyl sites for hydroxylation is 1. The summed E-state index contributed by atoms with van der Waals surface area (Å²) in [4.78, 5) is 2.58. The summed E-state index contributed by atoms with van der Waals surface area (Å²) in [6.45, 7) is 5.74. The van der Waals surface area contributed by atoms with E-state index in [1.807, 2.05) is 0 Å². The Morgan fingerprint density at radius 2 is 2.32 bits per heavy atom. The molecule has 2 heterocycles. The van der Waals surface area contributed by atoms with E-state index in [0.717, 1.165) is 30.0 Å². The molecule has 104 valence electrons. The minimum absolute atomic E-state index is 0.361. The van der Waals surface area contributed by atoms with Crippen LogP contribution in [0.1, 0.15) is 24.0 Å². The molecule has 0 amide bonds. The first-order valence-electron chi connectivity index (χ1n) is 7.29. The third-order valence-corrected chi connectivity index (χ3v) is 4.76. The van der Waals surface area contributed by atoms with Crippen molar-refractivity contribution in [2.45, 2.75) is 32.3 Å². The van der Waals surface area contributed by atoms with Crippen LogP contribution < -0.4 is 4.74 Å². The molecule has 1 aromatic rings. The Morgan fingerprint density at radius 1 is 1.42 bits per heavy atom. The molecule has 2 unspecified atom stereocenters. The molecule has 2 nitrogen and oxygen atoms in total. The maximum atomic E-state index is 6.07. The first-order chi connectivity index (χ1) is 9.24. The van der Waals surface area contributed by atoms with Gasteiger partial charge in [-0.25, -0.2) is 0 Å². The first-order valence-corrected chi connectivity index (χ1v) is 8.41. The summed E-state index contributed by atoms with van der Waals surface area (Å²) in [5, 5.41) is 1.14. The van der Waals surface area contributed by atoms with E-state index in [2.05, 4.69) is 46.0 Å². The molecule has 1 aromatic carbocycles. The van der Waals surface area contributed by atoms with Crippen LogP contribution in [0.3, 0.4) is 0 Å². The highest BCUT2D eigenvalue weighted by Gasteiger charge is 2.28. The molecule has 0 saturated carbocycles. The summed E-state index contributed by atoms with van der Waals surface area (Å²) in [7, 11) is 0. The summed E-state index contributed by atoms with van der Waals surface area (Å²) < 4.78 is 6.07. The molecule has 0 N–H and O–H groups in total.